The zero-order valence-electron chi connectivity index (χ0n) is 11.3. The van der Waals surface area contributed by atoms with Gasteiger partial charge in [0.2, 0.25) is 5.91 Å². The van der Waals surface area contributed by atoms with Crippen molar-refractivity contribution in [2.24, 2.45) is 11.7 Å². The van der Waals surface area contributed by atoms with Gasteiger partial charge in [0.15, 0.2) is 0 Å². The molecule has 0 saturated heterocycles. The van der Waals surface area contributed by atoms with Crippen molar-refractivity contribution in [1.82, 2.24) is 0 Å². The quantitative estimate of drug-likeness (QED) is 0.872. The van der Waals surface area contributed by atoms with Gasteiger partial charge in [0.05, 0.1) is 16.4 Å². The minimum absolute atomic E-state index is 0.0259. The van der Waals surface area contributed by atoms with Crippen molar-refractivity contribution in [2.75, 3.05) is 24.3 Å². The third-order valence-electron chi connectivity index (χ3n) is 3.36. The van der Waals surface area contributed by atoms with E-state index in [1.165, 1.54) is 0 Å². The summed E-state index contributed by atoms with van der Waals surface area (Å²) in [7, 11) is 3.79. The molecule has 0 heterocycles. The molecule has 1 unspecified atom stereocenters. The molecule has 0 bridgehead atoms. The third kappa shape index (κ3) is 3.61. The number of nitrogens with two attached hydrogens (primary N) is 1. The number of nitrogens with zero attached hydrogens (tertiary/aromatic N) is 1. The summed E-state index contributed by atoms with van der Waals surface area (Å²) in [6, 6.07) is 5.46. The van der Waals surface area contributed by atoms with Gasteiger partial charge in [-0.05, 0) is 30.9 Å². The zero-order valence-corrected chi connectivity index (χ0v) is 12.1. The zero-order chi connectivity index (χ0) is 14.0. The Labute approximate surface area is 118 Å². The lowest BCUT2D eigenvalue weighted by atomic mass is 10.1. The highest BCUT2D eigenvalue weighted by Crippen LogP contribution is 2.34. The van der Waals surface area contributed by atoms with Crippen LogP contribution in [0.15, 0.2) is 18.2 Å². The highest BCUT2D eigenvalue weighted by Gasteiger charge is 2.29. The van der Waals surface area contributed by atoms with Gasteiger partial charge in [-0.3, -0.25) is 4.79 Å². The molecule has 19 heavy (non-hydrogen) atoms. The first-order valence-electron chi connectivity index (χ1n) is 6.50. The molecule has 0 aliphatic heterocycles. The van der Waals surface area contributed by atoms with Crippen LogP contribution in [0.4, 0.5) is 11.4 Å². The van der Waals surface area contributed by atoms with E-state index in [2.05, 4.69) is 5.32 Å². The Kier molecular flexibility index (Phi) is 4.32. The van der Waals surface area contributed by atoms with Gasteiger partial charge in [0, 0.05) is 26.6 Å². The number of para-hydroxylation sites is 1. The van der Waals surface area contributed by atoms with Gasteiger partial charge in [-0.1, -0.05) is 17.7 Å². The standard InChI is InChI=1S/C14H20ClN3O/c1-18(2)14-10(15)4-3-5-12(14)17-13(19)8-11(16)9-6-7-9/h3-5,9,11H,6-8,16H2,1-2H3,(H,17,19). The van der Waals surface area contributed by atoms with Gasteiger partial charge in [0.25, 0.3) is 0 Å². The molecular weight excluding hydrogens is 262 g/mol. The van der Waals surface area contributed by atoms with Gasteiger partial charge in [-0.15, -0.1) is 0 Å². The molecule has 1 aliphatic rings. The lowest BCUT2D eigenvalue weighted by molar-refractivity contribution is -0.116. The smallest absolute Gasteiger partial charge is 0.226 e. The first-order chi connectivity index (χ1) is 8.99. The Morgan fingerprint density at radius 3 is 2.79 bits per heavy atom. The number of halogens is 1. The van der Waals surface area contributed by atoms with Gasteiger partial charge in [-0.25, -0.2) is 0 Å². The monoisotopic (exact) mass is 281 g/mol. The first-order valence-corrected chi connectivity index (χ1v) is 6.88. The third-order valence-corrected chi connectivity index (χ3v) is 3.66. The Morgan fingerprint density at radius 2 is 2.21 bits per heavy atom. The Bertz CT molecular complexity index is 472. The van der Waals surface area contributed by atoms with E-state index in [-0.39, 0.29) is 11.9 Å². The number of carbonyl (C=O) groups excluding carboxylic acids is 1. The topological polar surface area (TPSA) is 58.4 Å². The molecule has 2 rings (SSSR count). The molecule has 5 heteroatoms. The van der Waals surface area contributed by atoms with E-state index in [0.717, 1.165) is 24.2 Å². The fourth-order valence-corrected chi connectivity index (χ4v) is 2.52. The molecule has 3 N–H and O–H groups in total. The predicted molar refractivity (Wildman–Crippen MR) is 79.7 cm³/mol. The Balaban J connectivity index is 2.05. The minimum Gasteiger partial charge on any atom is -0.375 e. The van der Waals surface area contributed by atoms with Crippen molar-refractivity contribution >= 4 is 28.9 Å². The first kappa shape index (κ1) is 14.2. The average Bonchev–Trinajstić information content (AvgIpc) is 3.11. The van der Waals surface area contributed by atoms with Crippen LogP contribution < -0.4 is 16.0 Å². The molecule has 4 nitrogen and oxygen atoms in total. The molecule has 104 valence electrons. The number of carbonyl (C=O) groups is 1. The molecule has 1 aromatic carbocycles. The lowest BCUT2D eigenvalue weighted by Gasteiger charge is -2.20. The molecule has 1 aromatic rings. The molecule has 0 aromatic heterocycles. The van der Waals surface area contributed by atoms with E-state index >= 15 is 0 Å². The van der Waals surface area contributed by atoms with Crippen molar-refractivity contribution < 1.29 is 4.79 Å². The van der Waals surface area contributed by atoms with E-state index in [9.17, 15) is 4.79 Å². The fourth-order valence-electron chi connectivity index (χ4n) is 2.18. The maximum atomic E-state index is 12.0. The summed E-state index contributed by atoms with van der Waals surface area (Å²) in [5.74, 6) is 0.475. The van der Waals surface area contributed by atoms with Crippen LogP contribution in [0.5, 0.6) is 0 Å². The van der Waals surface area contributed by atoms with Crippen LogP contribution in [0.3, 0.4) is 0 Å². The van der Waals surface area contributed by atoms with Gasteiger partial charge in [0.1, 0.15) is 0 Å². The van der Waals surface area contributed by atoms with Crippen molar-refractivity contribution in [2.45, 2.75) is 25.3 Å². The summed E-state index contributed by atoms with van der Waals surface area (Å²) in [5.41, 5.74) is 7.51. The summed E-state index contributed by atoms with van der Waals surface area (Å²) in [6.07, 6.45) is 2.66. The second-order valence-corrected chi connectivity index (χ2v) is 5.69. The van der Waals surface area contributed by atoms with Crippen molar-refractivity contribution in [3.8, 4) is 0 Å². The van der Waals surface area contributed by atoms with E-state index in [1.807, 2.05) is 37.2 Å². The molecule has 1 aliphatic carbocycles. The van der Waals surface area contributed by atoms with Crippen LogP contribution in [0, 0.1) is 5.92 Å². The van der Waals surface area contributed by atoms with Crippen LogP contribution in [-0.4, -0.2) is 26.0 Å². The molecule has 1 fully saturated rings. The number of anilines is 2. The second kappa shape index (κ2) is 5.80. The summed E-state index contributed by atoms with van der Waals surface area (Å²) >= 11 is 6.16. The highest BCUT2D eigenvalue weighted by molar-refractivity contribution is 6.34. The average molecular weight is 282 g/mol. The normalized spacial score (nSPS) is 16.0. The van der Waals surface area contributed by atoms with E-state index in [0.29, 0.717) is 17.4 Å². The van der Waals surface area contributed by atoms with Gasteiger partial charge in [-0.2, -0.15) is 0 Å². The summed E-state index contributed by atoms with van der Waals surface area (Å²) < 4.78 is 0. The van der Waals surface area contributed by atoms with E-state index in [1.54, 1.807) is 0 Å². The van der Waals surface area contributed by atoms with Crippen molar-refractivity contribution in [1.29, 1.82) is 0 Å². The summed E-state index contributed by atoms with van der Waals surface area (Å²) in [6.45, 7) is 0. The molecule has 1 atom stereocenters. The van der Waals surface area contributed by atoms with Gasteiger partial charge >= 0.3 is 0 Å². The van der Waals surface area contributed by atoms with E-state index in [4.69, 9.17) is 17.3 Å². The minimum atomic E-state index is -0.0511. The van der Waals surface area contributed by atoms with Crippen LogP contribution in [0.1, 0.15) is 19.3 Å². The maximum absolute atomic E-state index is 12.0. The molecule has 0 spiro atoms. The lowest BCUT2D eigenvalue weighted by Crippen LogP contribution is -2.29. The number of rotatable bonds is 5. The number of benzene rings is 1. The summed E-state index contributed by atoms with van der Waals surface area (Å²) in [4.78, 5) is 13.9. The van der Waals surface area contributed by atoms with Gasteiger partial charge < -0.3 is 16.0 Å². The van der Waals surface area contributed by atoms with Crippen molar-refractivity contribution in [3.63, 3.8) is 0 Å². The summed E-state index contributed by atoms with van der Waals surface area (Å²) in [5, 5.41) is 3.52. The molecule has 1 amide bonds. The number of hydrogen-bond acceptors (Lipinski definition) is 3. The van der Waals surface area contributed by atoms with Crippen LogP contribution >= 0.6 is 11.6 Å². The van der Waals surface area contributed by atoms with E-state index < -0.39 is 0 Å². The SMILES string of the molecule is CN(C)c1c(Cl)cccc1NC(=O)CC(N)C1CC1. The molecule has 1 saturated carbocycles. The second-order valence-electron chi connectivity index (χ2n) is 5.28. The van der Waals surface area contributed by atoms with Crippen molar-refractivity contribution in [3.05, 3.63) is 23.2 Å². The predicted octanol–water partition coefficient (Wildman–Crippen LogP) is 2.47. The highest BCUT2D eigenvalue weighted by atomic mass is 35.5. The van der Waals surface area contributed by atoms with Crippen LogP contribution in [0.25, 0.3) is 0 Å². The maximum Gasteiger partial charge on any atom is 0.226 e. The molecular formula is C14H20ClN3O. The van der Waals surface area contributed by atoms with Crippen LogP contribution in [0.2, 0.25) is 5.02 Å². The largest absolute Gasteiger partial charge is 0.375 e. The Hall–Kier alpha value is -1.26. The number of hydrogen-bond donors (Lipinski definition) is 2. The Morgan fingerprint density at radius 1 is 1.53 bits per heavy atom. The van der Waals surface area contributed by atoms with Crippen LogP contribution in [-0.2, 0) is 4.79 Å². The number of amides is 1. The fraction of sp³-hybridized carbons (Fsp3) is 0.500. The number of nitrogens with one attached hydrogen (secondary N) is 1. The molecule has 0 radical (unpaired) electrons.